The zero-order chi connectivity index (χ0) is 34.6. The first kappa shape index (κ1) is 32.5. The normalized spacial score (nSPS) is 10.9. The predicted molar refractivity (Wildman–Crippen MR) is 214 cm³/mol. The van der Waals surface area contributed by atoms with Gasteiger partial charge in [-0.2, -0.15) is 0 Å². The molecule has 246 valence electrons. The highest BCUT2D eigenvalue weighted by molar-refractivity contribution is 5.83. The fraction of sp³-hybridized carbons (Fsp3) is 0.106. The van der Waals surface area contributed by atoms with Crippen molar-refractivity contribution < 1.29 is 0 Å². The van der Waals surface area contributed by atoms with Crippen molar-refractivity contribution in [2.24, 2.45) is 0 Å². The van der Waals surface area contributed by atoms with Gasteiger partial charge in [0, 0.05) is 51.2 Å². The van der Waals surface area contributed by atoms with Gasteiger partial charge in [-0.25, -0.2) is 0 Å². The topological polar surface area (TPSA) is 9.72 Å². The lowest BCUT2D eigenvalue weighted by molar-refractivity contribution is 1.23. The molecule has 0 heterocycles. The van der Waals surface area contributed by atoms with Gasteiger partial charge in [-0.1, -0.05) is 60.7 Å². The molecular weight excluding hydrogens is 607 g/mol. The maximum atomic E-state index is 2.34. The highest BCUT2D eigenvalue weighted by Gasteiger charge is 2.18. The summed E-state index contributed by atoms with van der Waals surface area (Å²) in [6, 6.07) is 61.4. The molecule has 3 heteroatoms. The van der Waals surface area contributed by atoms with Crippen LogP contribution in [-0.4, -0.2) is 0 Å². The lowest BCUT2D eigenvalue weighted by Gasteiger charge is -2.30. The average Bonchev–Trinajstić information content (AvgIpc) is 3.10. The van der Waals surface area contributed by atoms with Crippen LogP contribution in [-0.2, 0) is 0 Å². The van der Waals surface area contributed by atoms with E-state index < -0.39 is 0 Å². The Morgan fingerprint density at radius 3 is 0.580 bits per heavy atom. The summed E-state index contributed by atoms with van der Waals surface area (Å²) in [4.78, 5) is 7.01. The number of rotatable bonds is 9. The maximum absolute atomic E-state index is 2.34. The van der Waals surface area contributed by atoms with Crippen LogP contribution in [0.15, 0.2) is 170 Å². The molecule has 50 heavy (non-hydrogen) atoms. The third-order valence-electron chi connectivity index (χ3n) is 9.03. The minimum Gasteiger partial charge on any atom is -0.310 e. The Bertz CT molecular complexity index is 2000. The summed E-state index contributed by atoms with van der Waals surface area (Å²) >= 11 is 0. The second-order valence-electron chi connectivity index (χ2n) is 13.2. The van der Waals surface area contributed by atoms with Gasteiger partial charge in [-0.15, -0.1) is 0 Å². The highest BCUT2D eigenvalue weighted by Crippen LogP contribution is 2.41. The number of hydrogen-bond donors (Lipinski definition) is 0. The lowest BCUT2D eigenvalue weighted by Crippen LogP contribution is -2.13. The van der Waals surface area contributed by atoms with Crippen LogP contribution in [0, 0.1) is 34.6 Å². The predicted octanol–water partition coefficient (Wildman–Crippen LogP) is 13.6. The standard InChI is InChI=1S/C47H43N3/c1-34-11-6-16-43(29-34)48(39-21-25-41(26-22-39)49(44-17-7-12-35(2)30-44)45-18-8-13-36(3)31-45)40-23-27-42(28-24-40)50(46-19-9-14-37(4)32-46)47-20-10-15-38(5)33-47/h6-33H,1-5H3. The molecule has 0 N–H and O–H groups in total. The minimum atomic E-state index is 1.09. The van der Waals surface area contributed by atoms with E-state index in [1.807, 2.05) is 0 Å². The molecule has 0 aliphatic heterocycles. The molecule has 0 unspecified atom stereocenters. The molecule has 7 aromatic carbocycles. The van der Waals surface area contributed by atoms with E-state index in [0.717, 1.165) is 51.2 Å². The summed E-state index contributed by atoms with van der Waals surface area (Å²) in [6.07, 6.45) is 0. The van der Waals surface area contributed by atoms with E-state index in [2.05, 4.69) is 219 Å². The van der Waals surface area contributed by atoms with Gasteiger partial charge < -0.3 is 14.7 Å². The molecule has 0 aromatic heterocycles. The van der Waals surface area contributed by atoms with Gasteiger partial charge in [0.1, 0.15) is 0 Å². The van der Waals surface area contributed by atoms with E-state index in [1.165, 1.54) is 27.8 Å². The van der Waals surface area contributed by atoms with Gasteiger partial charge in [0.15, 0.2) is 0 Å². The van der Waals surface area contributed by atoms with Crippen molar-refractivity contribution in [2.75, 3.05) is 14.7 Å². The molecule has 0 amide bonds. The third-order valence-corrected chi connectivity index (χ3v) is 9.03. The van der Waals surface area contributed by atoms with Gasteiger partial charge in [-0.05, 0) is 172 Å². The van der Waals surface area contributed by atoms with E-state index in [0.29, 0.717) is 0 Å². The lowest BCUT2D eigenvalue weighted by atomic mass is 10.1. The van der Waals surface area contributed by atoms with Crippen molar-refractivity contribution >= 4 is 51.2 Å². The molecule has 0 saturated heterocycles. The fourth-order valence-electron chi connectivity index (χ4n) is 6.68. The SMILES string of the molecule is Cc1cccc(N(c2ccc(N(c3cccc(C)c3)c3cccc(C)c3)cc2)c2ccc(N(c3cccc(C)c3)c3cccc(C)c3)cc2)c1. The summed E-state index contributed by atoms with van der Waals surface area (Å²) in [6.45, 7) is 10.7. The second-order valence-corrected chi connectivity index (χ2v) is 13.2. The smallest absolute Gasteiger partial charge is 0.0464 e. The van der Waals surface area contributed by atoms with Crippen LogP contribution in [0.3, 0.4) is 0 Å². The average molecular weight is 650 g/mol. The zero-order valence-electron chi connectivity index (χ0n) is 29.5. The molecule has 0 radical (unpaired) electrons. The quantitative estimate of drug-likeness (QED) is 0.154. The third kappa shape index (κ3) is 7.04. The molecular formula is C47H43N3. The summed E-state index contributed by atoms with van der Waals surface area (Å²) < 4.78 is 0. The molecule has 3 nitrogen and oxygen atoms in total. The minimum absolute atomic E-state index is 1.09. The fourth-order valence-corrected chi connectivity index (χ4v) is 6.68. The molecule has 0 spiro atoms. The number of anilines is 9. The van der Waals surface area contributed by atoms with Crippen LogP contribution in [0.2, 0.25) is 0 Å². The van der Waals surface area contributed by atoms with Crippen molar-refractivity contribution in [3.8, 4) is 0 Å². The Kier molecular flexibility index (Phi) is 9.22. The maximum Gasteiger partial charge on any atom is 0.0464 e. The van der Waals surface area contributed by atoms with Gasteiger partial charge in [0.05, 0.1) is 0 Å². The van der Waals surface area contributed by atoms with Crippen molar-refractivity contribution in [3.05, 3.63) is 198 Å². The first-order chi connectivity index (χ1) is 24.3. The monoisotopic (exact) mass is 649 g/mol. The highest BCUT2D eigenvalue weighted by atomic mass is 15.2. The van der Waals surface area contributed by atoms with Crippen LogP contribution >= 0.6 is 0 Å². The Morgan fingerprint density at radius 2 is 0.400 bits per heavy atom. The molecule has 7 aromatic rings. The van der Waals surface area contributed by atoms with Crippen LogP contribution < -0.4 is 14.7 Å². The van der Waals surface area contributed by atoms with Crippen molar-refractivity contribution in [2.45, 2.75) is 34.6 Å². The molecule has 0 aliphatic carbocycles. The number of hydrogen-bond acceptors (Lipinski definition) is 3. The van der Waals surface area contributed by atoms with Gasteiger partial charge in [0.25, 0.3) is 0 Å². The van der Waals surface area contributed by atoms with Crippen molar-refractivity contribution in [1.29, 1.82) is 0 Å². The second kappa shape index (κ2) is 14.2. The largest absolute Gasteiger partial charge is 0.310 e. The van der Waals surface area contributed by atoms with E-state index in [9.17, 15) is 0 Å². The number of benzene rings is 7. The summed E-state index contributed by atoms with van der Waals surface area (Å²) in [5, 5.41) is 0. The van der Waals surface area contributed by atoms with Gasteiger partial charge in [0.2, 0.25) is 0 Å². The first-order valence-corrected chi connectivity index (χ1v) is 17.3. The summed E-state index contributed by atoms with van der Waals surface area (Å²) in [5.74, 6) is 0. The van der Waals surface area contributed by atoms with E-state index in [4.69, 9.17) is 0 Å². The molecule has 0 atom stereocenters. The molecule has 7 rings (SSSR count). The van der Waals surface area contributed by atoms with E-state index >= 15 is 0 Å². The van der Waals surface area contributed by atoms with Crippen LogP contribution in [0.1, 0.15) is 27.8 Å². The van der Waals surface area contributed by atoms with Crippen molar-refractivity contribution in [3.63, 3.8) is 0 Å². The molecule has 0 aliphatic rings. The van der Waals surface area contributed by atoms with Crippen LogP contribution in [0.4, 0.5) is 51.2 Å². The van der Waals surface area contributed by atoms with E-state index in [1.54, 1.807) is 0 Å². The first-order valence-electron chi connectivity index (χ1n) is 17.3. The van der Waals surface area contributed by atoms with Gasteiger partial charge >= 0.3 is 0 Å². The van der Waals surface area contributed by atoms with Crippen molar-refractivity contribution in [1.82, 2.24) is 0 Å². The molecule has 0 saturated carbocycles. The Morgan fingerprint density at radius 1 is 0.220 bits per heavy atom. The zero-order valence-corrected chi connectivity index (χ0v) is 29.5. The Balaban J connectivity index is 1.29. The van der Waals surface area contributed by atoms with Gasteiger partial charge in [-0.3, -0.25) is 0 Å². The molecule has 0 bridgehead atoms. The number of nitrogens with zero attached hydrogens (tertiary/aromatic N) is 3. The van der Waals surface area contributed by atoms with Crippen LogP contribution in [0.25, 0.3) is 0 Å². The Labute approximate surface area is 297 Å². The summed E-state index contributed by atoms with van der Waals surface area (Å²) in [5.41, 5.74) is 16.2. The number of aryl methyl sites for hydroxylation is 5. The van der Waals surface area contributed by atoms with Crippen LogP contribution in [0.5, 0.6) is 0 Å². The molecule has 0 fully saturated rings. The summed E-state index contributed by atoms with van der Waals surface area (Å²) in [7, 11) is 0. The Hall–Kier alpha value is -6.06. The van der Waals surface area contributed by atoms with E-state index in [-0.39, 0.29) is 0 Å².